The maximum Gasteiger partial charge on any atom is 0.387 e. The Bertz CT molecular complexity index is 554. The number of nitrogens with one attached hydrogen (secondary N) is 1. The fourth-order valence-corrected chi connectivity index (χ4v) is 3.59. The highest BCUT2D eigenvalue weighted by molar-refractivity contribution is 7.89. The molecule has 0 amide bonds. The van der Waals surface area contributed by atoms with Gasteiger partial charge in [0.25, 0.3) is 0 Å². The molecular formula is C12H17ClF2N2O3S. The number of benzene rings is 1. The van der Waals surface area contributed by atoms with E-state index in [-0.39, 0.29) is 29.1 Å². The van der Waals surface area contributed by atoms with Gasteiger partial charge in [-0.1, -0.05) is 0 Å². The second-order valence-corrected chi connectivity index (χ2v) is 6.51. The molecule has 0 aliphatic carbocycles. The van der Waals surface area contributed by atoms with Gasteiger partial charge in [-0.05, 0) is 31.2 Å². The normalized spacial score (nSPS) is 20.1. The predicted molar refractivity (Wildman–Crippen MR) is 76.5 cm³/mol. The van der Waals surface area contributed by atoms with Crippen LogP contribution in [0.2, 0.25) is 0 Å². The van der Waals surface area contributed by atoms with Gasteiger partial charge in [-0.25, -0.2) is 8.42 Å². The third kappa shape index (κ3) is 4.50. The van der Waals surface area contributed by atoms with Crippen molar-refractivity contribution in [3.8, 4) is 5.75 Å². The van der Waals surface area contributed by atoms with Crippen molar-refractivity contribution in [2.45, 2.75) is 24.5 Å². The molecule has 1 fully saturated rings. The Hall–Kier alpha value is -0.960. The number of hydrogen-bond acceptors (Lipinski definition) is 4. The number of piperazine rings is 1. The second-order valence-electron chi connectivity index (χ2n) is 4.57. The van der Waals surface area contributed by atoms with E-state index in [9.17, 15) is 17.2 Å². The summed E-state index contributed by atoms with van der Waals surface area (Å²) in [6.07, 6.45) is 0. The standard InChI is InChI=1S/C12H16F2N2O3S.ClH/c1-9-8-16(7-6-15-9)20(17,18)11-4-2-10(3-5-11)19-12(13)14;/h2-5,9,12,15H,6-8H2,1H3;1H/t9-;/m1./s1. The van der Waals surface area contributed by atoms with E-state index in [1.807, 2.05) is 6.92 Å². The summed E-state index contributed by atoms with van der Waals surface area (Å²) in [7, 11) is -3.59. The molecule has 0 aromatic heterocycles. The van der Waals surface area contributed by atoms with E-state index in [1.54, 1.807) is 0 Å². The second kappa shape index (κ2) is 7.35. The number of halogens is 3. The lowest BCUT2D eigenvalue weighted by atomic mass is 10.3. The minimum atomic E-state index is -3.59. The van der Waals surface area contributed by atoms with Crippen LogP contribution in [0.5, 0.6) is 5.75 Å². The number of sulfonamides is 1. The van der Waals surface area contributed by atoms with E-state index in [1.165, 1.54) is 28.6 Å². The van der Waals surface area contributed by atoms with Crippen molar-refractivity contribution in [2.75, 3.05) is 19.6 Å². The largest absolute Gasteiger partial charge is 0.435 e. The molecule has 1 aliphatic rings. The minimum Gasteiger partial charge on any atom is -0.435 e. The molecule has 1 heterocycles. The zero-order valence-electron chi connectivity index (χ0n) is 11.3. The third-order valence-electron chi connectivity index (χ3n) is 3.02. The zero-order chi connectivity index (χ0) is 14.8. The summed E-state index contributed by atoms with van der Waals surface area (Å²) in [5.41, 5.74) is 0. The molecule has 1 aliphatic heterocycles. The van der Waals surface area contributed by atoms with Gasteiger partial charge in [0, 0.05) is 25.7 Å². The van der Waals surface area contributed by atoms with Crippen LogP contribution in [0.3, 0.4) is 0 Å². The van der Waals surface area contributed by atoms with Crippen LogP contribution in [0, 0.1) is 0 Å². The molecule has 1 aromatic carbocycles. The average Bonchev–Trinajstić information content (AvgIpc) is 2.38. The molecule has 1 N–H and O–H groups in total. The fraction of sp³-hybridized carbons (Fsp3) is 0.500. The molecule has 0 radical (unpaired) electrons. The summed E-state index contributed by atoms with van der Waals surface area (Å²) in [6, 6.07) is 5.09. The van der Waals surface area contributed by atoms with Gasteiger partial charge in [-0.15, -0.1) is 12.4 Å². The quantitative estimate of drug-likeness (QED) is 0.904. The molecule has 5 nitrogen and oxygen atoms in total. The van der Waals surface area contributed by atoms with Crippen molar-refractivity contribution in [3.05, 3.63) is 24.3 Å². The van der Waals surface area contributed by atoms with Gasteiger partial charge in [0.1, 0.15) is 5.75 Å². The highest BCUT2D eigenvalue weighted by atomic mass is 35.5. The molecule has 120 valence electrons. The van der Waals surface area contributed by atoms with Crippen LogP contribution in [-0.2, 0) is 10.0 Å². The Balaban J connectivity index is 0.00000220. The first-order chi connectivity index (χ1) is 9.39. The Morgan fingerprint density at radius 3 is 2.48 bits per heavy atom. The maximum atomic E-state index is 12.4. The van der Waals surface area contributed by atoms with Crippen molar-refractivity contribution in [1.82, 2.24) is 9.62 Å². The van der Waals surface area contributed by atoms with Gasteiger partial charge in [-0.2, -0.15) is 13.1 Å². The van der Waals surface area contributed by atoms with Crippen molar-refractivity contribution in [3.63, 3.8) is 0 Å². The average molecular weight is 343 g/mol. The topological polar surface area (TPSA) is 58.6 Å². The van der Waals surface area contributed by atoms with Crippen LogP contribution in [0.25, 0.3) is 0 Å². The first kappa shape index (κ1) is 18.1. The van der Waals surface area contributed by atoms with E-state index in [0.29, 0.717) is 19.6 Å². The van der Waals surface area contributed by atoms with Crippen LogP contribution in [0.4, 0.5) is 8.78 Å². The molecule has 1 saturated heterocycles. The molecule has 1 atom stereocenters. The van der Waals surface area contributed by atoms with Crippen LogP contribution in [-0.4, -0.2) is 45.0 Å². The third-order valence-corrected chi connectivity index (χ3v) is 4.90. The Morgan fingerprint density at radius 1 is 1.33 bits per heavy atom. The predicted octanol–water partition coefficient (Wildman–Crippen LogP) is 1.69. The van der Waals surface area contributed by atoms with Crippen molar-refractivity contribution < 1.29 is 21.9 Å². The Kier molecular flexibility index (Phi) is 6.33. The highest BCUT2D eigenvalue weighted by Crippen LogP contribution is 2.21. The van der Waals surface area contributed by atoms with E-state index in [2.05, 4.69) is 10.1 Å². The molecule has 1 aromatic rings. The van der Waals surface area contributed by atoms with Crippen LogP contribution in [0.1, 0.15) is 6.92 Å². The fourth-order valence-electron chi connectivity index (χ4n) is 2.06. The highest BCUT2D eigenvalue weighted by Gasteiger charge is 2.28. The van der Waals surface area contributed by atoms with Gasteiger partial charge >= 0.3 is 6.61 Å². The molecule has 0 unspecified atom stereocenters. The number of ether oxygens (including phenoxy) is 1. The summed E-state index contributed by atoms with van der Waals surface area (Å²) >= 11 is 0. The lowest BCUT2D eigenvalue weighted by Crippen LogP contribution is -2.51. The number of hydrogen-bond donors (Lipinski definition) is 1. The first-order valence-corrected chi connectivity index (χ1v) is 7.62. The van der Waals surface area contributed by atoms with Crippen LogP contribution < -0.4 is 10.1 Å². The van der Waals surface area contributed by atoms with Crippen molar-refractivity contribution >= 4 is 22.4 Å². The van der Waals surface area contributed by atoms with Crippen LogP contribution >= 0.6 is 12.4 Å². The van der Waals surface area contributed by atoms with E-state index < -0.39 is 16.6 Å². The summed E-state index contributed by atoms with van der Waals surface area (Å²) in [5, 5.41) is 3.16. The molecule has 21 heavy (non-hydrogen) atoms. The molecule has 2 rings (SSSR count). The molecular weight excluding hydrogens is 326 g/mol. The van der Waals surface area contributed by atoms with Gasteiger partial charge < -0.3 is 10.1 Å². The van der Waals surface area contributed by atoms with Gasteiger partial charge in [0.15, 0.2) is 0 Å². The lowest BCUT2D eigenvalue weighted by Gasteiger charge is -2.31. The minimum absolute atomic E-state index is 0. The van der Waals surface area contributed by atoms with Gasteiger partial charge in [-0.3, -0.25) is 0 Å². The van der Waals surface area contributed by atoms with Gasteiger partial charge in [0.2, 0.25) is 10.0 Å². The first-order valence-electron chi connectivity index (χ1n) is 6.18. The van der Waals surface area contributed by atoms with Crippen molar-refractivity contribution in [2.24, 2.45) is 0 Å². The van der Waals surface area contributed by atoms with E-state index in [0.717, 1.165) is 0 Å². The SMILES string of the molecule is C[C@@H]1CN(S(=O)(=O)c2ccc(OC(F)F)cc2)CCN1.Cl. The Labute approximate surface area is 128 Å². The summed E-state index contributed by atoms with van der Waals surface area (Å²) in [4.78, 5) is 0.0771. The molecule has 9 heteroatoms. The lowest BCUT2D eigenvalue weighted by molar-refractivity contribution is -0.0498. The molecule has 0 saturated carbocycles. The van der Waals surface area contributed by atoms with Crippen LogP contribution in [0.15, 0.2) is 29.2 Å². The zero-order valence-corrected chi connectivity index (χ0v) is 13.0. The number of alkyl halides is 2. The summed E-state index contributed by atoms with van der Waals surface area (Å²) in [5.74, 6) is -0.0624. The van der Waals surface area contributed by atoms with E-state index in [4.69, 9.17) is 0 Å². The molecule has 0 bridgehead atoms. The number of rotatable bonds is 4. The Morgan fingerprint density at radius 2 is 1.95 bits per heavy atom. The van der Waals surface area contributed by atoms with Gasteiger partial charge in [0.05, 0.1) is 4.90 Å². The van der Waals surface area contributed by atoms with Crippen molar-refractivity contribution in [1.29, 1.82) is 0 Å². The molecule has 0 spiro atoms. The maximum absolute atomic E-state index is 12.4. The summed E-state index contributed by atoms with van der Waals surface area (Å²) < 4.78 is 54.4. The summed E-state index contributed by atoms with van der Waals surface area (Å²) in [6.45, 7) is 0.347. The number of nitrogens with zero attached hydrogens (tertiary/aromatic N) is 1. The monoisotopic (exact) mass is 342 g/mol. The smallest absolute Gasteiger partial charge is 0.387 e. The van der Waals surface area contributed by atoms with E-state index >= 15 is 0 Å².